The highest BCUT2D eigenvalue weighted by atomic mass is 32.2. The number of halogens is 3. The highest BCUT2D eigenvalue weighted by Gasteiger charge is 2.47. The van der Waals surface area contributed by atoms with Crippen LogP contribution >= 0.6 is 0 Å². The van der Waals surface area contributed by atoms with E-state index in [4.69, 9.17) is 4.74 Å². The molecule has 1 heterocycles. The molecule has 152 valence electrons. The zero-order chi connectivity index (χ0) is 20.4. The number of nitrogens with zero attached hydrogens (tertiary/aromatic N) is 3. The normalized spacial score (nSPS) is 18.3. The SMILES string of the molecule is CN(C)CCOC1CCN(c2ccc(S(=O)(=O)C(F)(F)F)cc2[N+](=O)[O-])C1. The van der Waals surface area contributed by atoms with E-state index in [1.807, 2.05) is 19.0 Å². The molecule has 0 bridgehead atoms. The van der Waals surface area contributed by atoms with Gasteiger partial charge in [-0.2, -0.15) is 13.2 Å². The second-order valence-electron chi connectivity index (χ2n) is 6.39. The van der Waals surface area contributed by atoms with Crippen LogP contribution in [0.25, 0.3) is 0 Å². The minimum absolute atomic E-state index is 0.0693. The molecule has 2 rings (SSSR count). The van der Waals surface area contributed by atoms with Gasteiger partial charge >= 0.3 is 5.51 Å². The number of likely N-dealkylation sites (N-methyl/N-ethyl adjacent to an activating group) is 1. The van der Waals surface area contributed by atoms with Gasteiger partial charge in [-0.15, -0.1) is 0 Å². The fourth-order valence-electron chi connectivity index (χ4n) is 2.70. The molecule has 1 atom stereocenters. The lowest BCUT2D eigenvalue weighted by atomic mass is 10.2. The fourth-order valence-corrected chi connectivity index (χ4v) is 3.48. The summed E-state index contributed by atoms with van der Waals surface area (Å²) in [5.74, 6) is 0. The summed E-state index contributed by atoms with van der Waals surface area (Å²) in [7, 11) is -1.87. The van der Waals surface area contributed by atoms with Crippen LogP contribution in [0.2, 0.25) is 0 Å². The molecule has 1 aliphatic rings. The van der Waals surface area contributed by atoms with Gasteiger partial charge in [0, 0.05) is 25.7 Å². The lowest BCUT2D eigenvalue weighted by Gasteiger charge is -2.20. The Balaban J connectivity index is 2.22. The molecule has 0 radical (unpaired) electrons. The second-order valence-corrected chi connectivity index (χ2v) is 8.33. The summed E-state index contributed by atoms with van der Waals surface area (Å²) >= 11 is 0. The van der Waals surface area contributed by atoms with E-state index in [2.05, 4.69) is 0 Å². The Hall–Kier alpha value is -1.92. The monoisotopic (exact) mass is 411 g/mol. The van der Waals surface area contributed by atoms with Crippen molar-refractivity contribution in [3.63, 3.8) is 0 Å². The lowest BCUT2D eigenvalue weighted by molar-refractivity contribution is -0.384. The zero-order valence-corrected chi connectivity index (χ0v) is 15.6. The molecule has 1 fully saturated rings. The van der Waals surface area contributed by atoms with Gasteiger partial charge in [-0.05, 0) is 32.6 Å². The summed E-state index contributed by atoms with van der Waals surface area (Å²) in [4.78, 5) is 12.8. The fraction of sp³-hybridized carbons (Fsp3) is 0.600. The molecule has 0 N–H and O–H groups in total. The molecule has 0 aromatic heterocycles. The topological polar surface area (TPSA) is 93.0 Å². The Morgan fingerprint density at radius 3 is 2.59 bits per heavy atom. The van der Waals surface area contributed by atoms with E-state index in [0.717, 1.165) is 12.1 Å². The van der Waals surface area contributed by atoms with Crippen molar-refractivity contribution >= 4 is 21.2 Å². The predicted octanol–water partition coefficient (Wildman–Crippen LogP) is 2.05. The number of hydrogen-bond acceptors (Lipinski definition) is 7. The van der Waals surface area contributed by atoms with Crippen molar-refractivity contribution in [3.8, 4) is 0 Å². The summed E-state index contributed by atoms with van der Waals surface area (Å²) in [6, 6.07) is 2.24. The number of benzene rings is 1. The van der Waals surface area contributed by atoms with Crippen LogP contribution in [-0.4, -0.2) is 70.2 Å². The molecule has 1 aromatic rings. The molecule has 8 nitrogen and oxygen atoms in total. The van der Waals surface area contributed by atoms with E-state index < -0.39 is 30.9 Å². The van der Waals surface area contributed by atoms with E-state index in [1.54, 1.807) is 4.90 Å². The average molecular weight is 411 g/mol. The van der Waals surface area contributed by atoms with E-state index in [-0.39, 0.29) is 11.8 Å². The summed E-state index contributed by atoms with van der Waals surface area (Å²) in [5, 5.41) is 11.3. The number of nitro groups is 1. The number of ether oxygens (including phenoxy) is 1. The van der Waals surface area contributed by atoms with Crippen molar-refractivity contribution in [1.29, 1.82) is 0 Å². The number of rotatable bonds is 7. The van der Waals surface area contributed by atoms with Crippen LogP contribution in [0.1, 0.15) is 6.42 Å². The standard InChI is InChI=1S/C15H20F3N3O5S/c1-19(2)7-8-26-11-5-6-20(10-11)13-4-3-12(9-14(13)21(22)23)27(24,25)15(16,17)18/h3-4,9,11H,5-8,10H2,1-2H3. The minimum Gasteiger partial charge on any atom is -0.375 e. The Bertz CT molecular complexity index is 798. The van der Waals surface area contributed by atoms with Gasteiger partial charge in [0.15, 0.2) is 0 Å². The van der Waals surface area contributed by atoms with Crippen molar-refractivity contribution in [2.75, 3.05) is 45.2 Å². The van der Waals surface area contributed by atoms with Gasteiger partial charge in [-0.25, -0.2) is 8.42 Å². The molecule has 1 saturated heterocycles. The third kappa shape index (κ3) is 4.87. The largest absolute Gasteiger partial charge is 0.501 e. The number of alkyl halides is 3. The Labute approximate surface area is 154 Å². The van der Waals surface area contributed by atoms with Crippen molar-refractivity contribution in [2.45, 2.75) is 22.9 Å². The Morgan fingerprint density at radius 1 is 1.37 bits per heavy atom. The van der Waals surface area contributed by atoms with Gasteiger partial charge in [-0.1, -0.05) is 0 Å². The highest BCUT2D eigenvalue weighted by Crippen LogP contribution is 2.37. The molecular weight excluding hydrogens is 391 g/mol. The van der Waals surface area contributed by atoms with Crippen LogP contribution in [0.3, 0.4) is 0 Å². The predicted molar refractivity (Wildman–Crippen MR) is 91.5 cm³/mol. The number of sulfone groups is 1. The van der Waals surface area contributed by atoms with Crippen LogP contribution in [0.5, 0.6) is 0 Å². The lowest BCUT2D eigenvalue weighted by Crippen LogP contribution is -2.27. The van der Waals surface area contributed by atoms with E-state index >= 15 is 0 Å². The summed E-state index contributed by atoms with van der Waals surface area (Å²) in [5.41, 5.74) is -6.14. The molecule has 12 heteroatoms. The first-order chi connectivity index (χ1) is 12.4. The molecule has 0 amide bonds. The first-order valence-electron chi connectivity index (χ1n) is 8.04. The summed E-state index contributed by atoms with van der Waals surface area (Å²) in [6.45, 7) is 1.94. The quantitative estimate of drug-likeness (QED) is 0.501. The van der Waals surface area contributed by atoms with Crippen molar-refractivity contribution in [2.24, 2.45) is 0 Å². The maximum atomic E-state index is 12.7. The van der Waals surface area contributed by atoms with Gasteiger partial charge < -0.3 is 14.5 Å². The summed E-state index contributed by atoms with van der Waals surface area (Å²) in [6.07, 6.45) is 0.441. The molecule has 1 aliphatic heterocycles. The smallest absolute Gasteiger partial charge is 0.375 e. The maximum Gasteiger partial charge on any atom is 0.501 e. The van der Waals surface area contributed by atoms with Crippen LogP contribution in [-0.2, 0) is 14.6 Å². The van der Waals surface area contributed by atoms with Crippen LogP contribution in [0, 0.1) is 10.1 Å². The summed E-state index contributed by atoms with van der Waals surface area (Å²) < 4.78 is 66.8. The second kappa shape index (κ2) is 7.98. The van der Waals surface area contributed by atoms with Gasteiger partial charge in [0.1, 0.15) is 5.69 Å². The molecule has 0 saturated carbocycles. The van der Waals surface area contributed by atoms with Crippen LogP contribution in [0.15, 0.2) is 23.1 Å². The molecular formula is C15H20F3N3O5S. The first-order valence-corrected chi connectivity index (χ1v) is 9.53. The third-order valence-corrected chi connectivity index (χ3v) is 5.62. The minimum atomic E-state index is -5.66. The zero-order valence-electron chi connectivity index (χ0n) is 14.8. The van der Waals surface area contributed by atoms with Crippen molar-refractivity contribution in [1.82, 2.24) is 4.90 Å². The molecule has 1 aromatic carbocycles. The Morgan fingerprint density at radius 2 is 2.04 bits per heavy atom. The number of nitro benzene ring substituents is 1. The maximum absolute atomic E-state index is 12.7. The van der Waals surface area contributed by atoms with E-state index in [1.165, 1.54) is 0 Å². The van der Waals surface area contributed by atoms with Crippen molar-refractivity contribution < 1.29 is 31.2 Å². The third-order valence-electron chi connectivity index (χ3n) is 4.14. The highest BCUT2D eigenvalue weighted by molar-refractivity contribution is 7.92. The van der Waals surface area contributed by atoms with E-state index in [9.17, 15) is 31.7 Å². The number of anilines is 1. The van der Waals surface area contributed by atoms with Gasteiger partial charge in [0.25, 0.3) is 15.5 Å². The van der Waals surface area contributed by atoms with Crippen LogP contribution < -0.4 is 4.90 Å². The Kier molecular flexibility index (Phi) is 6.32. The molecule has 0 spiro atoms. The van der Waals surface area contributed by atoms with E-state index in [0.29, 0.717) is 38.7 Å². The molecule has 1 unspecified atom stereocenters. The molecule has 0 aliphatic carbocycles. The van der Waals surface area contributed by atoms with Gasteiger partial charge in [-0.3, -0.25) is 10.1 Å². The first kappa shape index (κ1) is 21.4. The molecule has 27 heavy (non-hydrogen) atoms. The van der Waals surface area contributed by atoms with Gasteiger partial charge in [0.2, 0.25) is 0 Å². The van der Waals surface area contributed by atoms with Gasteiger partial charge in [0.05, 0.1) is 22.5 Å². The van der Waals surface area contributed by atoms with Crippen LogP contribution in [0.4, 0.5) is 24.5 Å². The average Bonchev–Trinajstić information content (AvgIpc) is 3.01. The number of hydrogen-bond donors (Lipinski definition) is 0. The van der Waals surface area contributed by atoms with Crippen molar-refractivity contribution in [3.05, 3.63) is 28.3 Å².